The first kappa shape index (κ1) is 15.4. The molecule has 0 rings (SSSR count). The lowest BCUT2D eigenvalue weighted by atomic mass is 10.1. The van der Waals surface area contributed by atoms with Crippen molar-refractivity contribution in [2.45, 2.75) is 57.1 Å². The Morgan fingerprint density at radius 1 is 1.44 bits per heavy atom. The maximum Gasteiger partial charge on any atom is 0.233 e. The molecule has 0 spiro atoms. The number of nitrogens with one attached hydrogen (secondary N) is 1. The van der Waals surface area contributed by atoms with Crippen LogP contribution in [0.2, 0.25) is 0 Å². The molecule has 4 heteroatoms. The molecule has 94 valence electrons. The Morgan fingerprint density at radius 3 is 2.25 bits per heavy atom. The zero-order valence-corrected chi connectivity index (χ0v) is 11.6. The van der Waals surface area contributed by atoms with Crippen molar-refractivity contribution in [2.75, 3.05) is 0 Å². The third kappa shape index (κ3) is 7.63. The second-order valence-electron chi connectivity index (χ2n) is 5.18. The van der Waals surface area contributed by atoms with E-state index in [9.17, 15) is 9.90 Å². The molecule has 3 nitrogen and oxygen atoms in total. The highest BCUT2D eigenvalue weighted by Crippen LogP contribution is 2.23. The fourth-order valence-corrected chi connectivity index (χ4v) is 2.32. The zero-order valence-electron chi connectivity index (χ0n) is 10.8. The van der Waals surface area contributed by atoms with Crippen molar-refractivity contribution in [1.29, 1.82) is 0 Å². The Labute approximate surface area is 103 Å². The average Bonchev–Trinajstić information content (AvgIpc) is 1.97. The molecule has 0 aromatic heterocycles. The van der Waals surface area contributed by atoms with E-state index in [4.69, 9.17) is 0 Å². The van der Waals surface area contributed by atoms with Gasteiger partial charge in [0.1, 0.15) is 0 Å². The fourth-order valence-electron chi connectivity index (χ4n) is 1.20. The van der Waals surface area contributed by atoms with E-state index in [2.05, 4.69) is 11.9 Å². The lowest BCUT2D eigenvalue weighted by Crippen LogP contribution is -2.45. The average molecular weight is 245 g/mol. The molecule has 0 aliphatic rings. The van der Waals surface area contributed by atoms with Gasteiger partial charge >= 0.3 is 0 Å². The number of carbonyl (C=O) groups excluding carboxylic acids is 1. The molecule has 0 aliphatic heterocycles. The molecule has 16 heavy (non-hydrogen) atoms. The molecular weight excluding hydrogens is 222 g/mol. The molecule has 1 atom stereocenters. The van der Waals surface area contributed by atoms with E-state index in [-0.39, 0.29) is 22.5 Å². The molecule has 0 saturated heterocycles. The molecule has 0 aromatic rings. The highest BCUT2D eigenvalue weighted by atomic mass is 32.2. The van der Waals surface area contributed by atoms with Gasteiger partial charge in [-0.05, 0) is 26.0 Å². The van der Waals surface area contributed by atoms with Crippen molar-refractivity contribution in [3.8, 4) is 0 Å². The standard InChI is InChI=1S/C12H23NO2S/c1-8(2)16-10(7-9(3)14)11(15)13-12(4,5)6/h8,10,14H,3,7H2,1-2,4-6H3,(H,13,15). The first-order valence-corrected chi connectivity index (χ1v) is 6.40. The summed E-state index contributed by atoms with van der Waals surface area (Å²) in [6.45, 7) is 13.3. The van der Waals surface area contributed by atoms with Gasteiger partial charge in [-0.25, -0.2) is 0 Å². The quantitative estimate of drug-likeness (QED) is 0.732. The predicted octanol–water partition coefficient (Wildman–Crippen LogP) is 2.87. The predicted molar refractivity (Wildman–Crippen MR) is 70.8 cm³/mol. The Hall–Kier alpha value is -0.640. The number of allylic oxidation sites excluding steroid dienone is 1. The summed E-state index contributed by atoms with van der Waals surface area (Å²) in [5.41, 5.74) is -0.246. The van der Waals surface area contributed by atoms with Crippen LogP contribution in [-0.2, 0) is 4.79 Å². The molecule has 0 aliphatic carbocycles. The van der Waals surface area contributed by atoms with E-state index >= 15 is 0 Å². The molecular formula is C12H23NO2S. The SMILES string of the molecule is C=C(O)CC(SC(C)C)C(=O)NC(C)(C)C. The third-order valence-corrected chi connectivity index (χ3v) is 2.90. The second-order valence-corrected chi connectivity index (χ2v) is 6.97. The van der Waals surface area contributed by atoms with Crippen molar-refractivity contribution in [3.05, 3.63) is 12.3 Å². The van der Waals surface area contributed by atoms with E-state index in [1.807, 2.05) is 34.6 Å². The van der Waals surface area contributed by atoms with Crippen molar-refractivity contribution in [2.24, 2.45) is 0 Å². The highest BCUT2D eigenvalue weighted by molar-refractivity contribution is 8.01. The molecule has 0 radical (unpaired) electrons. The number of aliphatic hydroxyl groups is 1. The number of aliphatic hydroxyl groups excluding tert-OH is 1. The molecule has 0 heterocycles. The summed E-state index contributed by atoms with van der Waals surface area (Å²) >= 11 is 1.54. The number of hydrogen-bond donors (Lipinski definition) is 2. The van der Waals surface area contributed by atoms with Crippen LogP contribution in [-0.4, -0.2) is 27.1 Å². The van der Waals surface area contributed by atoms with Crippen molar-refractivity contribution >= 4 is 17.7 Å². The second kappa shape index (κ2) is 6.18. The van der Waals surface area contributed by atoms with Crippen molar-refractivity contribution in [1.82, 2.24) is 5.32 Å². The Kier molecular flexibility index (Phi) is 5.94. The summed E-state index contributed by atoms with van der Waals surface area (Å²) in [5.74, 6) is 0.0172. The van der Waals surface area contributed by atoms with Crippen molar-refractivity contribution in [3.63, 3.8) is 0 Å². The van der Waals surface area contributed by atoms with Gasteiger partial charge in [0.2, 0.25) is 5.91 Å². The minimum absolute atomic E-state index is 0.0404. The van der Waals surface area contributed by atoms with Crippen LogP contribution in [0.3, 0.4) is 0 Å². The van der Waals surface area contributed by atoms with Gasteiger partial charge in [-0.3, -0.25) is 4.79 Å². The van der Waals surface area contributed by atoms with E-state index < -0.39 is 0 Å². The normalized spacial score (nSPS) is 13.6. The molecule has 1 unspecified atom stereocenters. The van der Waals surface area contributed by atoms with Gasteiger partial charge in [0.05, 0.1) is 11.0 Å². The zero-order chi connectivity index (χ0) is 12.9. The first-order valence-electron chi connectivity index (χ1n) is 5.46. The lowest BCUT2D eigenvalue weighted by Gasteiger charge is -2.25. The summed E-state index contributed by atoms with van der Waals surface area (Å²) < 4.78 is 0. The maximum atomic E-state index is 11.9. The largest absolute Gasteiger partial charge is 0.513 e. The smallest absolute Gasteiger partial charge is 0.233 e. The molecule has 0 bridgehead atoms. The van der Waals surface area contributed by atoms with Gasteiger partial charge in [0, 0.05) is 12.0 Å². The van der Waals surface area contributed by atoms with Gasteiger partial charge in [-0.15, -0.1) is 11.8 Å². The summed E-state index contributed by atoms with van der Waals surface area (Å²) in [6.07, 6.45) is 0.310. The van der Waals surface area contributed by atoms with Crippen LogP contribution in [0.1, 0.15) is 41.0 Å². The first-order chi connectivity index (χ1) is 7.11. The Balaban J connectivity index is 4.49. The van der Waals surface area contributed by atoms with Crippen LogP contribution in [0.15, 0.2) is 12.3 Å². The molecule has 1 amide bonds. The van der Waals surface area contributed by atoms with Crippen LogP contribution >= 0.6 is 11.8 Å². The lowest BCUT2D eigenvalue weighted by molar-refractivity contribution is -0.122. The highest BCUT2D eigenvalue weighted by Gasteiger charge is 2.24. The number of thioether (sulfide) groups is 1. The monoisotopic (exact) mass is 245 g/mol. The molecule has 0 fully saturated rings. The van der Waals surface area contributed by atoms with Gasteiger partial charge in [-0.1, -0.05) is 20.4 Å². The van der Waals surface area contributed by atoms with Crippen LogP contribution in [0.5, 0.6) is 0 Å². The minimum Gasteiger partial charge on any atom is -0.513 e. The topological polar surface area (TPSA) is 49.3 Å². The minimum atomic E-state index is -0.267. The number of carbonyl (C=O) groups is 1. The van der Waals surface area contributed by atoms with Crippen LogP contribution in [0, 0.1) is 0 Å². The van der Waals surface area contributed by atoms with Gasteiger partial charge < -0.3 is 10.4 Å². The van der Waals surface area contributed by atoms with E-state index in [0.29, 0.717) is 11.7 Å². The third-order valence-electron chi connectivity index (χ3n) is 1.65. The van der Waals surface area contributed by atoms with E-state index in [1.165, 1.54) is 0 Å². The number of rotatable bonds is 5. The van der Waals surface area contributed by atoms with E-state index in [0.717, 1.165) is 0 Å². The van der Waals surface area contributed by atoms with Crippen LogP contribution in [0.4, 0.5) is 0 Å². The number of amides is 1. The Bertz CT molecular complexity index is 256. The summed E-state index contributed by atoms with van der Waals surface area (Å²) in [6, 6.07) is 0. The number of hydrogen-bond acceptors (Lipinski definition) is 3. The summed E-state index contributed by atoms with van der Waals surface area (Å²) in [5, 5.41) is 12.2. The molecule has 2 N–H and O–H groups in total. The van der Waals surface area contributed by atoms with Gasteiger partial charge in [0.25, 0.3) is 0 Å². The van der Waals surface area contributed by atoms with Gasteiger partial charge in [-0.2, -0.15) is 0 Å². The summed E-state index contributed by atoms with van der Waals surface area (Å²) in [4.78, 5) is 11.9. The molecule has 0 aromatic carbocycles. The van der Waals surface area contributed by atoms with Crippen LogP contribution < -0.4 is 5.32 Å². The van der Waals surface area contributed by atoms with Crippen LogP contribution in [0.25, 0.3) is 0 Å². The molecule has 0 saturated carbocycles. The maximum absolute atomic E-state index is 11.9. The van der Waals surface area contributed by atoms with Crippen molar-refractivity contribution < 1.29 is 9.90 Å². The van der Waals surface area contributed by atoms with E-state index in [1.54, 1.807) is 11.8 Å². The van der Waals surface area contributed by atoms with Gasteiger partial charge in [0.15, 0.2) is 0 Å². The fraction of sp³-hybridized carbons (Fsp3) is 0.750. The Morgan fingerprint density at radius 2 is 1.94 bits per heavy atom. The summed E-state index contributed by atoms with van der Waals surface area (Å²) in [7, 11) is 0.